The lowest BCUT2D eigenvalue weighted by Crippen LogP contribution is -2.48. The summed E-state index contributed by atoms with van der Waals surface area (Å²) < 4.78 is 0. The third-order valence-corrected chi connectivity index (χ3v) is 3.47. The van der Waals surface area contributed by atoms with Crippen molar-refractivity contribution in [2.75, 3.05) is 13.1 Å². The summed E-state index contributed by atoms with van der Waals surface area (Å²) in [7, 11) is 0. The molecule has 2 heteroatoms. The highest BCUT2D eigenvalue weighted by Crippen LogP contribution is 2.19. The second-order valence-electron chi connectivity index (χ2n) is 6.08. The molecule has 1 atom stereocenters. The molecule has 0 heterocycles. The van der Waals surface area contributed by atoms with Crippen molar-refractivity contribution in [2.45, 2.75) is 72.9 Å². The Labute approximate surface area is 109 Å². The van der Waals surface area contributed by atoms with Crippen LogP contribution in [0.1, 0.15) is 60.8 Å². The van der Waals surface area contributed by atoms with Crippen LogP contribution in [0.4, 0.5) is 0 Å². The average molecular weight is 242 g/mol. The minimum absolute atomic E-state index is 0.558. The van der Waals surface area contributed by atoms with Crippen molar-refractivity contribution >= 4 is 0 Å². The zero-order valence-electron chi connectivity index (χ0n) is 12.9. The van der Waals surface area contributed by atoms with Gasteiger partial charge < -0.3 is 5.73 Å². The van der Waals surface area contributed by atoms with Crippen LogP contribution in [0.2, 0.25) is 0 Å². The zero-order valence-corrected chi connectivity index (χ0v) is 12.9. The Morgan fingerprint density at radius 1 is 0.882 bits per heavy atom. The van der Waals surface area contributed by atoms with Crippen LogP contribution < -0.4 is 5.73 Å². The van der Waals surface area contributed by atoms with E-state index in [0.717, 1.165) is 18.4 Å². The molecule has 0 aromatic rings. The number of rotatable bonds is 9. The van der Waals surface area contributed by atoms with Gasteiger partial charge in [-0.3, -0.25) is 4.90 Å². The van der Waals surface area contributed by atoms with Gasteiger partial charge in [0.15, 0.2) is 0 Å². The monoisotopic (exact) mass is 242 g/mol. The molecular formula is C15H34N2. The Morgan fingerprint density at radius 2 is 1.41 bits per heavy atom. The summed E-state index contributed by atoms with van der Waals surface area (Å²) in [5, 5.41) is 0. The quantitative estimate of drug-likeness (QED) is 0.670. The summed E-state index contributed by atoms with van der Waals surface area (Å²) in [6.45, 7) is 15.8. The molecular weight excluding hydrogens is 208 g/mol. The molecule has 0 rings (SSSR count). The summed E-state index contributed by atoms with van der Waals surface area (Å²) in [6.07, 6.45) is 3.69. The lowest BCUT2D eigenvalue weighted by Gasteiger charge is -2.39. The van der Waals surface area contributed by atoms with E-state index < -0.39 is 0 Å². The molecule has 0 amide bonds. The van der Waals surface area contributed by atoms with E-state index in [1.54, 1.807) is 0 Å². The van der Waals surface area contributed by atoms with E-state index in [4.69, 9.17) is 5.73 Å². The number of nitrogens with zero attached hydrogens (tertiary/aromatic N) is 1. The van der Waals surface area contributed by atoms with Gasteiger partial charge in [0.25, 0.3) is 0 Å². The topological polar surface area (TPSA) is 29.3 Å². The standard InChI is InChI=1S/C15H34N2/c1-7-14(8-2)17(11-13(5)6)15(10-16)9-12(3)4/h12-15H,7-11,16H2,1-6H3. The van der Waals surface area contributed by atoms with Crippen molar-refractivity contribution in [1.82, 2.24) is 4.90 Å². The fourth-order valence-corrected chi connectivity index (χ4v) is 2.69. The molecule has 0 spiro atoms. The maximum absolute atomic E-state index is 6.00. The maximum Gasteiger partial charge on any atom is 0.0223 e. The van der Waals surface area contributed by atoms with Crippen LogP contribution in [0.25, 0.3) is 0 Å². The molecule has 0 radical (unpaired) electrons. The molecule has 1 unspecified atom stereocenters. The zero-order chi connectivity index (χ0) is 13.4. The van der Waals surface area contributed by atoms with Crippen molar-refractivity contribution in [3.8, 4) is 0 Å². The SMILES string of the molecule is CCC(CC)N(CC(C)C)C(CN)CC(C)C. The molecule has 0 aromatic carbocycles. The second-order valence-corrected chi connectivity index (χ2v) is 6.08. The number of hydrogen-bond donors (Lipinski definition) is 1. The fourth-order valence-electron chi connectivity index (χ4n) is 2.69. The minimum Gasteiger partial charge on any atom is -0.329 e. The normalized spacial score (nSPS) is 14.3. The molecule has 0 aromatic heterocycles. The van der Waals surface area contributed by atoms with Gasteiger partial charge in [-0.25, -0.2) is 0 Å². The molecule has 0 saturated carbocycles. The van der Waals surface area contributed by atoms with Crippen molar-refractivity contribution in [1.29, 1.82) is 0 Å². The van der Waals surface area contributed by atoms with Crippen LogP contribution in [0, 0.1) is 11.8 Å². The molecule has 0 fully saturated rings. The Bertz CT molecular complexity index is 174. The maximum atomic E-state index is 6.00. The third-order valence-electron chi connectivity index (χ3n) is 3.47. The molecule has 0 bridgehead atoms. The fraction of sp³-hybridized carbons (Fsp3) is 1.00. The van der Waals surface area contributed by atoms with E-state index >= 15 is 0 Å². The molecule has 2 nitrogen and oxygen atoms in total. The average Bonchev–Trinajstić information content (AvgIpc) is 2.25. The molecule has 0 aliphatic carbocycles. The largest absolute Gasteiger partial charge is 0.329 e. The summed E-state index contributed by atoms with van der Waals surface area (Å²) in [4.78, 5) is 2.67. The van der Waals surface area contributed by atoms with Gasteiger partial charge in [-0.2, -0.15) is 0 Å². The predicted molar refractivity (Wildman–Crippen MR) is 78.2 cm³/mol. The first-order valence-electron chi connectivity index (χ1n) is 7.41. The molecule has 104 valence electrons. The lowest BCUT2D eigenvalue weighted by molar-refractivity contribution is 0.0992. The van der Waals surface area contributed by atoms with Crippen LogP contribution in [0.3, 0.4) is 0 Å². The van der Waals surface area contributed by atoms with Gasteiger partial charge in [-0.15, -0.1) is 0 Å². The Kier molecular flexibility index (Phi) is 8.89. The molecule has 17 heavy (non-hydrogen) atoms. The highest BCUT2D eigenvalue weighted by atomic mass is 15.2. The summed E-state index contributed by atoms with van der Waals surface area (Å²) in [5.41, 5.74) is 6.00. The first kappa shape index (κ1) is 16.9. The van der Waals surface area contributed by atoms with Crippen LogP contribution in [0.15, 0.2) is 0 Å². The van der Waals surface area contributed by atoms with Gasteiger partial charge in [0.2, 0.25) is 0 Å². The van der Waals surface area contributed by atoms with E-state index in [2.05, 4.69) is 46.4 Å². The van der Waals surface area contributed by atoms with E-state index in [1.165, 1.54) is 25.8 Å². The Hall–Kier alpha value is -0.0800. The van der Waals surface area contributed by atoms with Gasteiger partial charge >= 0.3 is 0 Å². The predicted octanol–water partition coefficient (Wildman–Crippen LogP) is 3.51. The van der Waals surface area contributed by atoms with Crippen LogP contribution >= 0.6 is 0 Å². The van der Waals surface area contributed by atoms with Crippen molar-refractivity contribution in [2.24, 2.45) is 17.6 Å². The van der Waals surface area contributed by atoms with Gasteiger partial charge in [0.1, 0.15) is 0 Å². The van der Waals surface area contributed by atoms with Gasteiger partial charge in [0, 0.05) is 25.2 Å². The van der Waals surface area contributed by atoms with E-state index in [9.17, 15) is 0 Å². The van der Waals surface area contributed by atoms with Crippen molar-refractivity contribution in [3.63, 3.8) is 0 Å². The van der Waals surface area contributed by atoms with Crippen molar-refractivity contribution < 1.29 is 0 Å². The van der Waals surface area contributed by atoms with E-state index in [1.807, 2.05) is 0 Å². The summed E-state index contributed by atoms with van der Waals surface area (Å²) in [6, 6.07) is 1.26. The van der Waals surface area contributed by atoms with E-state index in [-0.39, 0.29) is 0 Å². The van der Waals surface area contributed by atoms with E-state index in [0.29, 0.717) is 12.1 Å². The smallest absolute Gasteiger partial charge is 0.0223 e. The summed E-state index contributed by atoms with van der Waals surface area (Å²) >= 11 is 0. The van der Waals surface area contributed by atoms with Gasteiger partial charge in [-0.05, 0) is 31.1 Å². The summed E-state index contributed by atoms with van der Waals surface area (Å²) in [5.74, 6) is 1.45. The van der Waals surface area contributed by atoms with Crippen LogP contribution in [0.5, 0.6) is 0 Å². The van der Waals surface area contributed by atoms with Crippen molar-refractivity contribution in [3.05, 3.63) is 0 Å². The molecule has 0 aliphatic heterocycles. The van der Waals surface area contributed by atoms with Crippen LogP contribution in [-0.2, 0) is 0 Å². The third kappa shape index (κ3) is 6.42. The Morgan fingerprint density at radius 3 is 1.71 bits per heavy atom. The molecule has 0 saturated heterocycles. The number of hydrogen-bond acceptors (Lipinski definition) is 2. The first-order valence-corrected chi connectivity index (χ1v) is 7.41. The number of nitrogens with two attached hydrogens (primary N) is 1. The van der Waals surface area contributed by atoms with Gasteiger partial charge in [-0.1, -0.05) is 41.5 Å². The van der Waals surface area contributed by atoms with Crippen LogP contribution in [-0.4, -0.2) is 30.1 Å². The first-order chi connectivity index (χ1) is 7.96. The second kappa shape index (κ2) is 8.93. The highest BCUT2D eigenvalue weighted by Gasteiger charge is 2.24. The Balaban J connectivity index is 4.71. The lowest BCUT2D eigenvalue weighted by atomic mass is 9.97. The van der Waals surface area contributed by atoms with Gasteiger partial charge in [0.05, 0.1) is 0 Å². The molecule has 2 N–H and O–H groups in total. The highest BCUT2D eigenvalue weighted by molar-refractivity contribution is 4.80. The molecule has 0 aliphatic rings. The minimum atomic E-state index is 0.558.